The molecular weight excluding hydrogens is 141 g/mol. The third-order valence-electron chi connectivity index (χ3n) is 1.26. The van der Waals surface area contributed by atoms with Crippen LogP contribution >= 0.6 is 0 Å². The van der Waals surface area contributed by atoms with Gasteiger partial charge in [-0.3, -0.25) is 0 Å². The lowest BCUT2D eigenvalue weighted by Crippen LogP contribution is -2.16. The van der Waals surface area contributed by atoms with E-state index in [-0.39, 0.29) is 0 Å². The summed E-state index contributed by atoms with van der Waals surface area (Å²) >= 11 is 0. The van der Waals surface area contributed by atoms with Crippen LogP contribution in [0.2, 0.25) is 0 Å². The van der Waals surface area contributed by atoms with Gasteiger partial charge in [0.05, 0.1) is 0 Å². The lowest BCUT2D eigenvalue weighted by molar-refractivity contribution is -0.0977. The first-order valence-electron chi connectivity index (χ1n) is 3.13. The molecule has 0 aliphatic carbocycles. The minimum atomic E-state index is -4.15. The van der Waals surface area contributed by atoms with Crippen LogP contribution in [-0.2, 0) is 0 Å². The Bertz CT molecular complexity index is 130. The van der Waals surface area contributed by atoms with Gasteiger partial charge in [-0.05, 0) is 12.8 Å². The summed E-state index contributed by atoms with van der Waals surface area (Å²) in [6.07, 6.45) is -3.03. The molecule has 0 spiro atoms. The molecule has 0 aromatic carbocycles. The van der Waals surface area contributed by atoms with Crippen molar-refractivity contribution in [2.45, 2.75) is 26.9 Å². The van der Waals surface area contributed by atoms with Gasteiger partial charge in [-0.1, -0.05) is 19.9 Å². The van der Waals surface area contributed by atoms with Crippen molar-refractivity contribution in [2.24, 2.45) is 5.92 Å². The van der Waals surface area contributed by atoms with E-state index in [4.69, 9.17) is 0 Å². The average molecular weight is 152 g/mol. The summed E-state index contributed by atoms with van der Waals surface area (Å²) in [6.45, 7) is 4.47. The van der Waals surface area contributed by atoms with Gasteiger partial charge in [-0.2, -0.15) is 13.2 Å². The lowest BCUT2D eigenvalue weighted by atomic mass is 10.0. The molecule has 0 aliphatic rings. The fourth-order valence-electron chi connectivity index (χ4n) is 0.824. The van der Waals surface area contributed by atoms with E-state index in [0.29, 0.717) is 0 Å². The van der Waals surface area contributed by atoms with E-state index < -0.39 is 17.7 Å². The molecule has 3 heteroatoms. The number of hydrogen-bond donors (Lipinski definition) is 0. The van der Waals surface area contributed by atoms with Gasteiger partial charge in [-0.15, -0.1) is 0 Å². The summed E-state index contributed by atoms with van der Waals surface area (Å²) in [5.41, 5.74) is -0.451. The van der Waals surface area contributed by atoms with Crippen LogP contribution in [0, 0.1) is 5.92 Å². The van der Waals surface area contributed by atoms with Crippen molar-refractivity contribution in [2.75, 3.05) is 0 Å². The molecule has 0 bridgehead atoms. The summed E-state index contributed by atoms with van der Waals surface area (Å²) in [6, 6.07) is 0. The van der Waals surface area contributed by atoms with Crippen LogP contribution in [0.3, 0.4) is 0 Å². The Morgan fingerprint density at radius 1 is 1.30 bits per heavy atom. The zero-order valence-electron chi connectivity index (χ0n) is 6.29. The van der Waals surface area contributed by atoms with E-state index in [2.05, 4.69) is 0 Å². The van der Waals surface area contributed by atoms with Crippen LogP contribution in [0.15, 0.2) is 11.6 Å². The van der Waals surface area contributed by atoms with Crippen molar-refractivity contribution in [3.8, 4) is 0 Å². The van der Waals surface area contributed by atoms with Crippen molar-refractivity contribution in [1.29, 1.82) is 0 Å². The fourth-order valence-corrected chi connectivity index (χ4v) is 0.824. The molecule has 0 atom stereocenters. The second kappa shape index (κ2) is 3.08. The largest absolute Gasteiger partial charge is 0.412 e. The number of allylic oxidation sites excluding steroid dienone is 2. The standard InChI is InChI=1S/C7H11F3/c1-4-6(5(2)3)7(8,9)10/h4-5H,1-3H3/b6-4-. The molecule has 0 radical (unpaired) electrons. The smallest absolute Gasteiger partial charge is 0.166 e. The Labute approximate surface area is 58.7 Å². The van der Waals surface area contributed by atoms with Gasteiger partial charge < -0.3 is 0 Å². The molecular formula is C7H11F3. The van der Waals surface area contributed by atoms with E-state index in [1.54, 1.807) is 0 Å². The number of hydrogen-bond acceptors (Lipinski definition) is 0. The van der Waals surface area contributed by atoms with Crippen LogP contribution in [0.5, 0.6) is 0 Å². The molecule has 10 heavy (non-hydrogen) atoms. The first-order valence-corrected chi connectivity index (χ1v) is 3.13. The molecule has 0 aliphatic heterocycles. The zero-order valence-corrected chi connectivity index (χ0v) is 6.29. The van der Waals surface area contributed by atoms with Gasteiger partial charge in [0.15, 0.2) is 0 Å². The maximum atomic E-state index is 11.9. The Kier molecular flexibility index (Phi) is 2.94. The average Bonchev–Trinajstić information content (AvgIpc) is 1.60. The van der Waals surface area contributed by atoms with Crippen LogP contribution in [0.25, 0.3) is 0 Å². The van der Waals surface area contributed by atoms with Gasteiger partial charge in [0.2, 0.25) is 0 Å². The molecule has 60 valence electrons. The summed E-state index contributed by atoms with van der Waals surface area (Å²) in [7, 11) is 0. The van der Waals surface area contributed by atoms with Gasteiger partial charge in [0.25, 0.3) is 0 Å². The van der Waals surface area contributed by atoms with Crippen molar-refractivity contribution >= 4 is 0 Å². The van der Waals surface area contributed by atoms with E-state index in [9.17, 15) is 13.2 Å². The molecule has 0 N–H and O–H groups in total. The Hall–Kier alpha value is -0.470. The monoisotopic (exact) mass is 152 g/mol. The van der Waals surface area contributed by atoms with Gasteiger partial charge in [0.1, 0.15) is 0 Å². The Balaban J connectivity index is 4.40. The highest BCUT2D eigenvalue weighted by atomic mass is 19.4. The Morgan fingerprint density at radius 3 is 1.70 bits per heavy atom. The SMILES string of the molecule is C/C=C(/C(C)C)C(F)(F)F. The summed E-state index contributed by atoms with van der Waals surface area (Å²) in [5, 5.41) is 0. The van der Waals surface area contributed by atoms with Gasteiger partial charge in [0, 0.05) is 5.57 Å². The van der Waals surface area contributed by atoms with E-state index in [1.807, 2.05) is 0 Å². The number of alkyl halides is 3. The zero-order chi connectivity index (χ0) is 8.36. The fraction of sp³-hybridized carbons (Fsp3) is 0.714. The molecule has 0 saturated heterocycles. The molecule has 0 aromatic heterocycles. The molecule has 0 nitrogen and oxygen atoms in total. The van der Waals surface area contributed by atoms with Crippen molar-refractivity contribution in [1.82, 2.24) is 0 Å². The first kappa shape index (κ1) is 9.53. The topological polar surface area (TPSA) is 0 Å². The molecule has 0 unspecified atom stereocenters. The highest BCUT2D eigenvalue weighted by Gasteiger charge is 2.34. The van der Waals surface area contributed by atoms with Crippen LogP contribution in [0.1, 0.15) is 20.8 Å². The predicted octanol–water partition coefficient (Wildman–Crippen LogP) is 3.15. The summed E-state index contributed by atoms with van der Waals surface area (Å²) < 4.78 is 35.7. The number of halogens is 3. The van der Waals surface area contributed by atoms with E-state index in [0.717, 1.165) is 6.08 Å². The predicted molar refractivity (Wildman–Crippen MR) is 34.6 cm³/mol. The summed E-state index contributed by atoms with van der Waals surface area (Å²) in [4.78, 5) is 0. The van der Waals surface area contributed by atoms with Crippen LogP contribution in [-0.4, -0.2) is 6.18 Å². The molecule has 0 amide bonds. The van der Waals surface area contributed by atoms with Crippen molar-refractivity contribution < 1.29 is 13.2 Å². The number of rotatable bonds is 1. The molecule has 0 aromatic rings. The van der Waals surface area contributed by atoms with Crippen molar-refractivity contribution in [3.05, 3.63) is 11.6 Å². The highest BCUT2D eigenvalue weighted by Crippen LogP contribution is 2.30. The minimum Gasteiger partial charge on any atom is -0.166 e. The molecule has 0 rings (SSSR count). The minimum absolute atomic E-state index is 0.440. The van der Waals surface area contributed by atoms with Gasteiger partial charge in [-0.25, -0.2) is 0 Å². The van der Waals surface area contributed by atoms with Crippen LogP contribution < -0.4 is 0 Å². The normalized spacial score (nSPS) is 14.5. The second-order valence-electron chi connectivity index (χ2n) is 2.40. The van der Waals surface area contributed by atoms with Crippen LogP contribution in [0.4, 0.5) is 13.2 Å². The van der Waals surface area contributed by atoms with E-state index in [1.165, 1.54) is 20.8 Å². The molecule has 0 saturated carbocycles. The van der Waals surface area contributed by atoms with Crippen molar-refractivity contribution in [3.63, 3.8) is 0 Å². The van der Waals surface area contributed by atoms with E-state index >= 15 is 0 Å². The molecule has 0 heterocycles. The summed E-state index contributed by atoms with van der Waals surface area (Å²) in [5.74, 6) is -0.440. The quantitative estimate of drug-likeness (QED) is 0.506. The Morgan fingerprint density at radius 2 is 1.70 bits per heavy atom. The molecule has 0 fully saturated rings. The maximum Gasteiger partial charge on any atom is 0.412 e. The highest BCUT2D eigenvalue weighted by molar-refractivity contribution is 5.09. The third kappa shape index (κ3) is 2.42. The first-order chi connectivity index (χ1) is 4.39. The maximum absolute atomic E-state index is 11.9. The van der Waals surface area contributed by atoms with Gasteiger partial charge >= 0.3 is 6.18 Å². The third-order valence-corrected chi connectivity index (χ3v) is 1.26. The second-order valence-corrected chi connectivity index (χ2v) is 2.40. The lowest BCUT2D eigenvalue weighted by Gasteiger charge is -2.13.